The smallest absolute Gasteiger partial charge is 0.475 e. The Morgan fingerprint density at radius 3 is 2.16 bits per heavy atom. The van der Waals surface area contributed by atoms with Gasteiger partial charge in [0.05, 0.1) is 18.8 Å². The molecule has 0 unspecified atom stereocenters. The van der Waals surface area contributed by atoms with E-state index in [0.29, 0.717) is 31.9 Å². The van der Waals surface area contributed by atoms with Crippen LogP contribution in [0.15, 0.2) is 48.8 Å². The van der Waals surface area contributed by atoms with E-state index in [1.807, 2.05) is 12.3 Å². The molecule has 7 nitrogen and oxygen atoms in total. The fourth-order valence-electron chi connectivity index (χ4n) is 4.44. The van der Waals surface area contributed by atoms with Crippen molar-refractivity contribution in [3.05, 3.63) is 65.5 Å². The molecule has 2 saturated heterocycles. The molecular formula is C25H27F6N3O4. The minimum Gasteiger partial charge on any atom is -0.475 e. The summed E-state index contributed by atoms with van der Waals surface area (Å²) >= 11 is 0. The Morgan fingerprint density at radius 1 is 1.00 bits per heavy atom. The number of hydrogen-bond donors (Lipinski definition) is 1. The van der Waals surface area contributed by atoms with E-state index >= 15 is 0 Å². The summed E-state index contributed by atoms with van der Waals surface area (Å²) in [5.41, 5.74) is 0.690. The first kappa shape index (κ1) is 29.4. The highest BCUT2D eigenvalue weighted by molar-refractivity contribution is 5.94. The molecule has 208 valence electrons. The van der Waals surface area contributed by atoms with Crippen molar-refractivity contribution in [2.24, 2.45) is 5.41 Å². The van der Waals surface area contributed by atoms with Gasteiger partial charge in [-0.3, -0.25) is 14.7 Å². The number of aromatic nitrogens is 1. The van der Waals surface area contributed by atoms with Crippen LogP contribution in [0.4, 0.5) is 26.3 Å². The van der Waals surface area contributed by atoms with Crippen LogP contribution in [-0.2, 0) is 22.3 Å². The molecule has 1 aromatic heterocycles. The van der Waals surface area contributed by atoms with E-state index in [0.717, 1.165) is 50.2 Å². The number of carbonyl (C=O) groups excluding carboxylic acids is 1. The molecule has 2 aromatic rings. The lowest BCUT2D eigenvalue weighted by molar-refractivity contribution is -0.192. The molecular weight excluding hydrogens is 520 g/mol. The number of aliphatic carboxylic acids is 1. The maximum atomic E-state index is 12.8. The summed E-state index contributed by atoms with van der Waals surface area (Å²) in [5, 5.41) is 7.12. The zero-order valence-electron chi connectivity index (χ0n) is 20.3. The molecule has 0 atom stereocenters. The quantitative estimate of drug-likeness (QED) is 0.571. The van der Waals surface area contributed by atoms with Crippen LogP contribution < -0.4 is 0 Å². The van der Waals surface area contributed by atoms with Gasteiger partial charge in [0.1, 0.15) is 0 Å². The standard InChI is InChI=1S/C23H26F3N3O2.C2HF3O2/c24-23(25,26)20-5-3-19(4-6-20)21(30)29-10-7-22(8-11-29)16-28(12-13-31-17-22)15-18-2-1-9-27-14-18;3-2(4,5)1(6)7/h1-6,9,14H,7-8,10-13,15-17H2;(H,6,7). The normalized spacial score (nSPS) is 18.3. The molecule has 3 heterocycles. The maximum absolute atomic E-state index is 12.8. The summed E-state index contributed by atoms with van der Waals surface area (Å²) in [7, 11) is 0. The fraction of sp³-hybridized carbons (Fsp3) is 0.480. The van der Waals surface area contributed by atoms with E-state index in [9.17, 15) is 31.1 Å². The predicted molar refractivity (Wildman–Crippen MR) is 123 cm³/mol. The molecule has 0 radical (unpaired) electrons. The minimum absolute atomic E-state index is 0.0182. The summed E-state index contributed by atoms with van der Waals surface area (Å²) in [6, 6.07) is 8.46. The monoisotopic (exact) mass is 547 g/mol. The Bertz CT molecular complexity index is 1070. The molecule has 0 bridgehead atoms. The second-order valence-electron chi connectivity index (χ2n) is 9.29. The first-order valence-corrected chi connectivity index (χ1v) is 11.7. The Labute approximate surface area is 215 Å². The Kier molecular flexibility index (Phi) is 9.36. The molecule has 1 amide bonds. The molecule has 1 aromatic carbocycles. The second-order valence-corrected chi connectivity index (χ2v) is 9.29. The van der Waals surface area contributed by atoms with Crippen molar-refractivity contribution < 1.29 is 45.8 Å². The molecule has 0 aliphatic carbocycles. The van der Waals surface area contributed by atoms with Crippen LogP contribution in [0.1, 0.15) is 34.3 Å². The molecule has 1 N–H and O–H groups in total. The van der Waals surface area contributed by atoms with Crippen LogP contribution in [0.5, 0.6) is 0 Å². The third-order valence-electron chi connectivity index (χ3n) is 6.46. The van der Waals surface area contributed by atoms with E-state index in [4.69, 9.17) is 14.6 Å². The second kappa shape index (κ2) is 12.1. The van der Waals surface area contributed by atoms with Crippen molar-refractivity contribution in [2.75, 3.05) is 39.4 Å². The highest BCUT2D eigenvalue weighted by Gasteiger charge is 2.40. The molecule has 0 saturated carbocycles. The number of carbonyl (C=O) groups is 2. The molecule has 2 aliphatic rings. The number of carboxylic acid groups (broad SMARTS) is 1. The van der Waals surface area contributed by atoms with Crippen LogP contribution in [0.3, 0.4) is 0 Å². The van der Waals surface area contributed by atoms with Crippen molar-refractivity contribution in [1.82, 2.24) is 14.8 Å². The average Bonchev–Trinajstić information content (AvgIpc) is 3.06. The molecule has 1 spiro atoms. The zero-order chi connectivity index (χ0) is 28.0. The Morgan fingerprint density at radius 2 is 1.63 bits per heavy atom. The maximum Gasteiger partial charge on any atom is 0.490 e. The number of rotatable bonds is 3. The number of ether oxygens (including phenoxy) is 1. The first-order chi connectivity index (χ1) is 17.8. The minimum atomic E-state index is -5.08. The summed E-state index contributed by atoms with van der Waals surface area (Å²) in [6.07, 6.45) is -4.23. The van der Waals surface area contributed by atoms with Crippen LogP contribution in [0, 0.1) is 5.41 Å². The zero-order valence-corrected chi connectivity index (χ0v) is 20.3. The van der Waals surface area contributed by atoms with E-state index in [-0.39, 0.29) is 11.3 Å². The van der Waals surface area contributed by atoms with Gasteiger partial charge in [-0.1, -0.05) is 6.07 Å². The van der Waals surface area contributed by atoms with Crippen LogP contribution in [0.2, 0.25) is 0 Å². The fourth-order valence-corrected chi connectivity index (χ4v) is 4.44. The molecule has 2 aliphatic heterocycles. The van der Waals surface area contributed by atoms with E-state index in [2.05, 4.69) is 16.0 Å². The topological polar surface area (TPSA) is 83.0 Å². The van der Waals surface area contributed by atoms with E-state index < -0.39 is 23.9 Å². The lowest BCUT2D eigenvalue weighted by Gasteiger charge is -2.42. The van der Waals surface area contributed by atoms with Crippen molar-refractivity contribution in [3.8, 4) is 0 Å². The van der Waals surface area contributed by atoms with Crippen molar-refractivity contribution in [1.29, 1.82) is 0 Å². The number of nitrogens with zero attached hydrogens (tertiary/aromatic N) is 3. The highest BCUT2D eigenvalue weighted by Crippen LogP contribution is 2.35. The number of piperidine rings is 1. The van der Waals surface area contributed by atoms with Gasteiger partial charge in [0.2, 0.25) is 0 Å². The van der Waals surface area contributed by atoms with Crippen molar-refractivity contribution in [2.45, 2.75) is 31.7 Å². The largest absolute Gasteiger partial charge is 0.490 e. The molecule has 4 rings (SSSR count). The summed E-state index contributed by atoms with van der Waals surface area (Å²) in [4.78, 5) is 30.0. The van der Waals surface area contributed by atoms with Gasteiger partial charge in [-0.05, 0) is 48.7 Å². The molecule has 2 fully saturated rings. The highest BCUT2D eigenvalue weighted by atomic mass is 19.4. The Balaban J connectivity index is 0.000000505. The third-order valence-corrected chi connectivity index (χ3v) is 6.46. The summed E-state index contributed by atoms with van der Waals surface area (Å²) < 4.78 is 75.9. The van der Waals surface area contributed by atoms with Gasteiger partial charge in [-0.15, -0.1) is 0 Å². The van der Waals surface area contributed by atoms with Crippen LogP contribution in [-0.4, -0.2) is 77.3 Å². The molecule has 13 heteroatoms. The summed E-state index contributed by atoms with van der Waals surface area (Å²) in [6.45, 7) is 5.05. The van der Waals surface area contributed by atoms with Crippen LogP contribution in [0.25, 0.3) is 0 Å². The van der Waals surface area contributed by atoms with Crippen molar-refractivity contribution >= 4 is 11.9 Å². The lowest BCUT2D eigenvalue weighted by atomic mass is 9.78. The number of likely N-dealkylation sites (tertiary alicyclic amines) is 1. The average molecular weight is 547 g/mol. The van der Waals surface area contributed by atoms with Gasteiger partial charge in [-0.25, -0.2) is 4.79 Å². The number of amides is 1. The number of halogens is 6. The number of pyridine rings is 1. The van der Waals surface area contributed by atoms with Crippen LogP contribution >= 0.6 is 0 Å². The van der Waals surface area contributed by atoms with Gasteiger partial charge in [0.25, 0.3) is 5.91 Å². The SMILES string of the molecule is O=C(O)C(F)(F)F.O=C(c1ccc(C(F)(F)F)cc1)N1CCC2(CC1)COCCN(Cc1cccnc1)C2. The van der Waals surface area contributed by atoms with Gasteiger partial charge < -0.3 is 14.7 Å². The predicted octanol–water partition coefficient (Wildman–Crippen LogP) is 4.49. The van der Waals surface area contributed by atoms with E-state index in [1.54, 1.807) is 11.1 Å². The third kappa shape index (κ3) is 8.15. The van der Waals surface area contributed by atoms with Gasteiger partial charge in [0.15, 0.2) is 0 Å². The summed E-state index contributed by atoms with van der Waals surface area (Å²) in [5.74, 6) is -2.97. The number of hydrogen-bond acceptors (Lipinski definition) is 5. The van der Waals surface area contributed by atoms with E-state index in [1.165, 1.54) is 12.1 Å². The lowest BCUT2D eigenvalue weighted by Crippen LogP contribution is -2.48. The van der Waals surface area contributed by atoms with Gasteiger partial charge in [-0.2, -0.15) is 26.3 Å². The van der Waals surface area contributed by atoms with Gasteiger partial charge in [0, 0.05) is 56.1 Å². The van der Waals surface area contributed by atoms with Gasteiger partial charge >= 0.3 is 18.3 Å². The number of benzene rings is 1. The Hall–Kier alpha value is -3.19. The molecule has 38 heavy (non-hydrogen) atoms. The first-order valence-electron chi connectivity index (χ1n) is 11.7. The number of alkyl halides is 6. The van der Waals surface area contributed by atoms with Crippen molar-refractivity contribution in [3.63, 3.8) is 0 Å². The number of carboxylic acids is 1.